The summed E-state index contributed by atoms with van der Waals surface area (Å²) in [7, 11) is 3.56. The van der Waals surface area contributed by atoms with E-state index in [2.05, 4.69) is 15.5 Å². The number of hydrogen-bond donors (Lipinski definition) is 5. The summed E-state index contributed by atoms with van der Waals surface area (Å²) in [5.74, 6) is -0.797. The standard InChI is InChI=1S/C19H20N6O4/c1-25(2)19-23-17(29-24-19)12-5-3-4-10(16(12)26)9-22-11-6-7-14(20)13(8-11)15(21)18(27)28/h3-8,21-22,26H,9,20H2,1-2H3,(H,27,28). The van der Waals surface area contributed by atoms with E-state index in [9.17, 15) is 9.90 Å². The third-order valence-corrected chi connectivity index (χ3v) is 4.18. The molecule has 3 rings (SSSR count). The number of aromatic nitrogens is 2. The lowest BCUT2D eigenvalue weighted by atomic mass is 10.1. The molecule has 0 amide bonds. The first-order valence-electron chi connectivity index (χ1n) is 8.55. The fourth-order valence-corrected chi connectivity index (χ4v) is 2.61. The smallest absolute Gasteiger partial charge is 0.354 e. The van der Waals surface area contributed by atoms with E-state index in [1.807, 2.05) is 0 Å². The second-order valence-electron chi connectivity index (χ2n) is 6.44. The first-order valence-corrected chi connectivity index (χ1v) is 8.55. The van der Waals surface area contributed by atoms with E-state index < -0.39 is 11.7 Å². The Morgan fingerprint density at radius 2 is 2.07 bits per heavy atom. The highest BCUT2D eigenvalue weighted by Crippen LogP contribution is 2.32. The highest BCUT2D eigenvalue weighted by Gasteiger charge is 2.17. The number of carboxylic acids is 1. The van der Waals surface area contributed by atoms with Gasteiger partial charge in [0.15, 0.2) is 0 Å². The first-order chi connectivity index (χ1) is 13.8. The maximum atomic E-state index is 11.0. The lowest BCUT2D eigenvalue weighted by molar-refractivity contribution is -0.129. The van der Waals surface area contributed by atoms with Crippen molar-refractivity contribution in [3.8, 4) is 17.2 Å². The number of phenols is 1. The molecule has 6 N–H and O–H groups in total. The van der Waals surface area contributed by atoms with Gasteiger partial charge in [-0.1, -0.05) is 12.1 Å². The predicted molar refractivity (Wildman–Crippen MR) is 108 cm³/mol. The quantitative estimate of drug-likeness (QED) is 0.297. The van der Waals surface area contributed by atoms with Crippen LogP contribution < -0.4 is 16.0 Å². The molecule has 29 heavy (non-hydrogen) atoms. The van der Waals surface area contributed by atoms with Gasteiger partial charge in [0, 0.05) is 43.1 Å². The number of nitrogen functional groups attached to an aromatic ring is 1. The number of hydrogen-bond acceptors (Lipinski definition) is 9. The second kappa shape index (κ2) is 7.89. The molecule has 2 aromatic carbocycles. The van der Waals surface area contributed by atoms with Crippen molar-refractivity contribution in [2.45, 2.75) is 6.54 Å². The van der Waals surface area contributed by atoms with Crippen LogP contribution in [0.2, 0.25) is 0 Å². The third kappa shape index (κ3) is 4.10. The first kappa shape index (κ1) is 19.7. The number of carboxylic acid groups (broad SMARTS) is 1. The van der Waals surface area contributed by atoms with Crippen LogP contribution in [0, 0.1) is 5.41 Å². The van der Waals surface area contributed by atoms with Crippen molar-refractivity contribution in [1.29, 1.82) is 5.41 Å². The Labute approximate surface area is 166 Å². The average Bonchev–Trinajstić information content (AvgIpc) is 3.18. The van der Waals surface area contributed by atoms with Crippen LogP contribution in [-0.2, 0) is 11.3 Å². The molecule has 0 aliphatic heterocycles. The Balaban J connectivity index is 1.82. The molecular weight excluding hydrogens is 376 g/mol. The van der Waals surface area contributed by atoms with Gasteiger partial charge in [-0.2, -0.15) is 4.98 Å². The van der Waals surface area contributed by atoms with Gasteiger partial charge in [0.25, 0.3) is 11.8 Å². The van der Waals surface area contributed by atoms with E-state index in [-0.39, 0.29) is 29.4 Å². The molecule has 150 valence electrons. The number of nitrogens with zero attached hydrogens (tertiary/aromatic N) is 3. The van der Waals surface area contributed by atoms with E-state index in [1.54, 1.807) is 43.3 Å². The SMILES string of the molecule is CN(C)c1noc(-c2cccc(CNc3ccc(N)c(C(=N)C(=O)O)c3)c2O)n1. The number of anilines is 3. The molecule has 1 heterocycles. The van der Waals surface area contributed by atoms with Crippen LogP contribution in [-0.4, -0.2) is 46.1 Å². The second-order valence-corrected chi connectivity index (χ2v) is 6.44. The summed E-state index contributed by atoms with van der Waals surface area (Å²) >= 11 is 0. The number of phenolic OH excluding ortho intramolecular Hbond substituents is 1. The number of nitrogens with one attached hydrogen (secondary N) is 2. The largest absolute Gasteiger partial charge is 0.507 e. The molecule has 0 spiro atoms. The predicted octanol–water partition coefficient (Wildman–Crippen LogP) is 2.15. The van der Waals surface area contributed by atoms with Gasteiger partial charge in [-0.15, -0.1) is 0 Å². The molecule has 0 fully saturated rings. The number of carbonyl (C=O) groups is 1. The fourth-order valence-electron chi connectivity index (χ4n) is 2.61. The summed E-state index contributed by atoms with van der Waals surface area (Å²) in [5, 5.41) is 34.2. The fraction of sp³-hybridized carbons (Fsp3) is 0.158. The van der Waals surface area contributed by atoms with Crippen molar-refractivity contribution >= 4 is 29.0 Å². The topological polar surface area (TPSA) is 162 Å². The minimum Gasteiger partial charge on any atom is -0.507 e. The Hall–Kier alpha value is -4.08. The van der Waals surface area contributed by atoms with E-state index in [0.717, 1.165) is 0 Å². The molecule has 0 saturated heterocycles. The van der Waals surface area contributed by atoms with Crippen molar-refractivity contribution in [2.75, 3.05) is 30.0 Å². The molecule has 0 unspecified atom stereocenters. The molecule has 10 nitrogen and oxygen atoms in total. The Morgan fingerprint density at radius 1 is 1.31 bits per heavy atom. The highest BCUT2D eigenvalue weighted by molar-refractivity contribution is 6.42. The van der Waals surface area contributed by atoms with Gasteiger partial charge in [0.1, 0.15) is 11.5 Å². The van der Waals surface area contributed by atoms with Crippen molar-refractivity contribution in [3.63, 3.8) is 0 Å². The van der Waals surface area contributed by atoms with Gasteiger partial charge in [0.2, 0.25) is 0 Å². The zero-order valence-corrected chi connectivity index (χ0v) is 15.8. The van der Waals surface area contributed by atoms with Crippen molar-refractivity contribution < 1.29 is 19.5 Å². The molecule has 3 aromatic rings. The molecule has 10 heteroatoms. The summed E-state index contributed by atoms with van der Waals surface area (Å²) in [5.41, 5.74) is 7.00. The third-order valence-electron chi connectivity index (χ3n) is 4.18. The van der Waals surface area contributed by atoms with Crippen molar-refractivity contribution in [2.24, 2.45) is 0 Å². The lowest BCUT2D eigenvalue weighted by Gasteiger charge is -2.12. The van der Waals surface area contributed by atoms with E-state index in [4.69, 9.17) is 20.8 Å². The number of rotatable bonds is 7. The van der Waals surface area contributed by atoms with Gasteiger partial charge in [-0.25, -0.2) is 4.79 Å². The zero-order chi connectivity index (χ0) is 21.1. The van der Waals surface area contributed by atoms with Crippen LogP contribution in [0.5, 0.6) is 5.75 Å². The van der Waals surface area contributed by atoms with Crippen LogP contribution in [0.4, 0.5) is 17.3 Å². The number of aliphatic carboxylic acids is 1. The lowest BCUT2D eigenvalue weighted by Crippen LogP contribution is -2.15. The average molecular weight is 396 g/mol. The summed E-state index contributed by atoms with van der Waals surface area (Å²) < 4.78 is 5.21. The minimum atomic E-state index is -1.36. The monoisotopic (exact) mass is 396 g/mol. The van der Waals surface area contributed by atoms with Crippen LogP contribution in [0.3, 0.4) is 0 Å². The minimum absolute atomic E-state index is 0.0112. The Morgan fingerprint density at radius 3 is 2.72 bits per heavy atom. The molecule has 1 aromatic heterocycles. The van der Waals surface area contributed by atoms with Gasteiger partial charge in [0.05, 0.1) is 5.56 Å². The number of para-hydroxylation sites is 1. The number of nitrogens with two attached hydrogens (primary N) is 1. The molecule has 0 aliphatic carbocycles. The normalized spacial score (nSPS) is 10.6. The molecule has 0 bridgehead atoms. The van der Waals surface area contributed by atoms with Crippen molar-refractivity contribution in [1.82, 2.24) is 10.1 Å². The van der Waals surface area contributed by atoms with Gasteiger partial charge in [-0.05, 0) is 29.4 Å². The Kier molecular flexibility index (Phi) is 5.35. The van der Waals surface area contributed by atoms with Gasteiger partial charge >= 0.3 is 5.97 Å². The van der Waals surface area contributed by atoms with Crippen LogP contribution >= 0.6 is 0 Å². The molecule has 0 saturated carbocycles. The molecular formula is C19H20N6O4. The van der Waals surface area contributed by atoms with Crippen LogP contribution in [0.1, 0.15) is 11.1 Å². The Bertz CT molecular complexity index is 1080. The molecule has 0 radical (unpaired) electrons. The van der Waals surface area contributed by atoms with E-state index in [0.29, 0.717) is 22.8 Å². The maximum Gasteiger partial charge on any atom is 0.354 e. The summed E-state index contributed by atoms with van der Waals surface area (Å²) in [6.07, 6.45) is 0. The summed E-state index contributed by atoms with van der Waals surface area (Å²) in [4.78, 5) is 17.0. The van der Waals surface area contributed by atoms with Crippen LogP contribution in [0.25, 0.3) is 11.5 Å². The molecule has 0 aliphatic rings. The highest BCUT2D eigenvalue weighted by atomic mass is 16.5. The van der Waals surface area contributed by atoms with Gasteiger partial charge < -0.3 is 30.7 Å². The van der Waals surface area contributed by atoms with Gasteiger partial charge in [-0.3, -0.25) is 5.41 Å². The zero-order valence-electron chi connectivity index (χ0n) is 15.8. The van der Waals surface area contributed by atoms with E-state index >= 15 is 0 Å². The van der Waals surface area contributed by atoms with E-state index in [1.165, 1.54) is 12.1 Å². The maximum absolute atomic E-state index is 11.0. The summed E-state index contributed by atoms with van der Waals surface area (Å²) in [6, 6.07) is 9.81. The number of aromatic hydroxyl groups is 1. The van der Waals surface area contributed by atoms with Crippen molar-refractivity contribution in [3.05, 3.63) is 47.5 Å². The number of benzene rings is 2. The summed E-state index contributed by atoms with van der Waals surface area (Å²) in [6.45, 7) is 0.234. The van der Waals surface area contributed by atoms with Crippen LogP contribution in [0.15, 0.2) is 40.9 Å². The molecule has 0 atom stereocenters.